The van der Waals surface area contributed by atoms with Crippen molar-refractivity contribution < 1.29 is 25.2 Å². The van der Waals surface area contributed by atoms with Crippen molar-refractivity contribution in [3.05, 3.63) is 47.5 Å². The van der Waals surface area contributed by atoms with Gasteiger partial charge in [-0.25, -0.2) is 0 Å². The summed E-state index contributed by atoms with van der Waals surface area (Å²) in [6, 6.07) is 7.02. The third-order valence-electron chi connectivity index (χ3n) is 2.45. The summed E-state index contributed by atoms with van der Waals surface area (Å²) < 4.78 is 0. The number of carbonyl (C=O) groups excluding carboxylic acids is 1. The summed E-state index contributed by atoms with van der Waals surface area (Å²) in [4.78, 5) is 12.0. The molecule has 0 spiro atoms. The summed E-state index contributed by atoms with van der Waals surface area (Å²) in [6.45, 7) is 0. The summed E-state index contributed by atoms with van der Waals surface area (Å²) in [5, 5.41) is 37.5. The Labute approximate surface area is 102 Å². The van der Waals surface area contributed by atoms with Gasteiger partial charge in [0.1, 0.15) is 23.0 Å². The Balaban J connectivity index is 2.51. The summed E-state index contributed by atoms with van der Waals surface area (Å²) in [5.41, 5.74) is -0.204. The third-order valence-corrected chi connectivity index (χ3v) is 2.45. The average molecular weight is 246 g/mol. The summed E-state index contributed by atoms with van der Waals surface area (Å²) >= 11 is 0. The van der Waals surface area contributed by atoms with Crippen LogP contribution < -0.4 is 0 Å². The molecule has 2 rings (SSSR count). The van der Waals surface area contributed by atoms with E-state index in [0.29, 0.717) is 0 Å². The quantitative estimate of drug-likeness (QED) is 0.478. The first-order valence-electron chi connectivity index (χ1n) is 5.07. The van der Waals surface area contributed by atoms with E-state index < -0.39 is 11.5 Å². The van der Waals surface area contributed by atoms with Crippen LogP contribution in [0.4, 0.5) is 0 Å². The zero-order valence-corrected chi connectivity index (χ0v) is 9.16. The number of ketones is 1. The lowest BCUT2D eigenvalue weighted by atomic mass is 10.0. The van der Waals surface area contributed by atoms with Crippen LogP contribution in [0.1, 0.15) is 15.9 Å². The van der Waals surface area contributed by atoms with Gasteiger partial charge in [-0.2, -0.15) is 0 Å². The number of rotatable bonds is 2. The molecule has 0 aliphatic carbocycles. The normalized spacial score (nSPS) is 10.2. The van der Waals surface area contributed by atoms with E-state index in [1.54, 1.807) is 0 Å². The molecule has 0 fully saturated rings. The molecule has 2 aromatic carbocycles. The molecule has 0 aliphatic heterocycles. The van der Waals surface area contributed by atoms with Crippen LogP contribution in [0.15, 0.2) is 36.4 Å². The third kappa shape index (κ3) is 2.06. The van der Waals surface area contributed by atoms with Crippen LogP contribution in [0.2, 0.25) is 0 Å². The van der Waals surface area contributed by atoms with Crippen molar-refractivity contribution in [1.29, 1.82) is 0 Å². The van der Waals surface area contributed by atoms with E-state index in [9.17, 15) is 20.1 Å². The second-order valence-corrected chi connectivity index (χ2v) is 3.73. The molecule has 2 aromatic rings. The first-order chi connectivity index (χ1) is 8.49. The Bertz CT molecular complexity index is 619. The molecule has 5 heteroatoms. The Morgan fingerprint density at radius 3 is 2.00 bits per heavy atom. The van der Waals surface area contributed by atoms with E-state index >= 15 is 0 Å². The monoisotopic (exact) mass is 246 g/mol. The van der Waals surface area contributed by atoms with Crippen LogP contribution >= 0.6 is 0 Å². The van der Waals surface area contributed by atoms with Crippen molar-refractivity contribution in [2.75, 3.05) is 0 Å². The molecule has 0 unspecified atom stereocenters. The minimum atomic E-state index is -0.652. The predicted octanol–water partition coefficient (Wildman–Crippen LogP) is 1.74. The highest BCUT2D eigenvalue weighted by atomic mass is 16.3. The molecule has 0 saturated heterocycles. The second-order valence-electron chi connectivity index (χ2n) is 3.73. The Kier molecular flexibility index (Phi) is 2.81. The Morgan fingerprint density at radius 1 is 0.722 bits per heavy atom. The van der Waals surface area contributed by atoms with Gasteiger partial charge in [0.2, 0.25) is 5.78 Å². The summed E-state index contributed by atoms with van der Waals surface area (Å²) in [5.74, 6) is -1.70. The Morgan fingerprint density at radius 2 is 1.33 bits per heavy atom. The molecule has 92 valence electrons. The van der Waals surface area contributed by atoms with Crippen molar-refractivity contribution >= 4 is 5.78 Å². The number of hydrogen-bond acceptors (Lipinski definition) is 5. The van der Waals surface area contributed by atoms with E-state index in [4.69, 9.17) is 5.11 Å². The zero-order valence-electron chi connectivity index (χ0n) is 9.16. The van der Waals surface area contributed by atoms with Gasteiger partial charge in [-0.3, -0.25) is 4.79 Å². The van der Waals surface area contributed by atoms with Gasteiger partial charge in [0.15, 0.2) is 0 Å². The molecular formula is C13H10O5. The number of benzene rings is 2. The molecule has 0 aliphatic rings. The molecule has 5 nitrogen and oxygen atoms in total. The van der Waals surface area contributed by atoms with E-state index in [1.165, 1.54) is 24.3 Å². The standard InChI is InChI=1S/C13H10O5/c14-7-2-4-11(16)10(5-7)13(18)9-3-1-8(15)6-12(9)17/h1-6,14-17H. The van der Waals surface area contributed by atoms with Gasteiger partial charge in [0.25, 0.3) is 0 Å². The minimum Gasteiger partial charge on any atom is -0.508 e. The van der Waals surface area contributed by atoms with Crippen molar-refractivity contribution in [3.8, 4) is 23.0 Å². The molecular weight excluding hydrogens is 236 g/mol. The molecule has 0 amide bonds. The zero-order chi connectivity index (χ0) is 13.3. The molecule has 0 heterocycles. The lowest BCUT2D eigenvalue weighted by Gasteiger charge is -2.06. The van der Waals surface area contributed by atoms with E-state index in [1.807, 2.05) is 0 Å². The Hall–Kier alpha value is -2.69. The van der Waals surface area contributed by atoms with E-state index in [2.05, 4.69) is 0 Å². The molecule has 0 radical (unpaired) electrons. The van der Waals surface area contributed by atoms with Crippen molar-refractivity contribution in [2.24, 2.45) is 0 Å². The fourth-order valence-corrected chi connectivity index (χ4v) is 1.56. The first kappa shape index (κ1) is 11.8. The maximum absolute atomic E-state index is 12.0. The lowest BCUT2D eigenvalue weighted by molar-refractivity contribution is 0.103. The highest BCUT2D eigenvalue weighted by molar-refractivity contribution is 6.12. The topological polar surface area (TPSA) is 98.0 Å². The number of hydrogen-bond donors (Lipinski definition) is 4. The van der Waals surface area contributed by atoms with Crippen LogP contribution in [0.5, 0.6) is 23.0 Å². The molecule has 4 N–H and O–H groups in total. The van der Waals surface area contributed by atoms with Crippen LogP contribution in [0.3, 0.4) is 0 Å². The number of aromatic hydroxyl groups is 4. The fourth-order valence-electron chi connectivity index (χ4n) is 1.56. The van der Waals surface area contributed by atoms with Gasteiger partial charge in [-0.1, -0.05) is 0 Å². The van der Waals surface area contributed by atoms with Crippen LogP contribution in [-0.4, -0.2) is 26.2 Å². The number of carbonyl (C=O) groups is 1. The van der Waals surface area contributed by atoms with Crippen LogP contribution in [0.25, 0.3) is 0 Å². The van der Waals surface area contributed by atoms with Gasteiger partial charge in [-0.15, -0.1) is 0 Å². The van der Waals surface area contributed by atoms with E-state index in [-0.39, 0.29) is 28.4 Å². The largest absolute Gasteiger partial charge is 0.508 e. The van der Waals surface area contributed by atoms with Crippen molar-refractivity contribution in [1.82, 2.24) is 0 Å². The van der Waals surface area contributed by atoms with Crippen LogP contribution in [0, 0.1) is 0 Å². The number of phenolic OH excluding ortho intramolecular Hbond substituents is 4. The van der Waals surface area contributed by atoms with Gasteiger partial charge >= 0.3 is 0 Å². The predicted molar refractivity (Wildman–Crippen MR) is 63.0 cm³/mol. The first-order valence-corrected chi connectivity index (χ1v) is 5.07. The second kappa shape index (κ2) is 4.29. The van der Waals surface area contributed by atoms with Crippen LogP contribution in [-0.2, 0) is 0 Å². The molecule has 0 bridgehead atoms. The minimum absolute atomic E-state index is 0.0753. The maximum atomic E-state index is 12.0. The van der Waals surface area contributed by atoms with E-state index in [0.717, 1.165) is 12.1 Å². The smallest absolute Gasteiger partial charge is 0.200 e. The van der Waals surface area contributed by atoms with Crippen molar-refractivity contribution in [2.45, 2.75) is 0 Å². The van der Waals surface area contributed by atoms with Gasteiger partial charge < -0.3 is 20.4 Å². The SMILES string of the molecule is O=C(c1ccc(O)cc1O)c1cc(O)ccc1O. The average Bonchev–Trinajstić information content (AvgIpc) is 2.31. The molecule has 0 atom stereocenters. The van der Waals surface area contributed by atoms with Gasteiger partial charge in [0.05, 0.1) is 11.1 Å². The van der Waals surface area contributed by atoms with Crippen molar-refractivity contribution in [3.63, 3.8) is 0 Å². The van der Waals surface area contributed by atoms with Gasteiger partial charge in [0, 0.05) is 6.07 Å². The summed E-state index contributed by atoms with van der Waals surface area (Å²) in [6.07, 6.45) is 0. The maximum Gasteiger partial charge on any atom is 0.200 e. The lowest BCUT2D eigenvalue weighted by Crippen LogP contribution is -2.01. The fraction of sp³-hybridized carbons (Fsp3) is 0. The molecule has 0 aromatic heterocycles. The summed E-state index contributed by atoms with van der Waals surface area (Å²) in [7, 11) is 0. The van der Waals surface area contributed by atoms with Gasteiger partial charge in [-0.05, 0) is 30.3 Å². The molecule has 0 saturated carbocycles. The highest BCUT2D eigenvalue weighted by Gasteiger charge is 2.17. The molecule has 18 heavy (non-hydrogen) atoms. The number of phenols is 4. The highest BCUT2D eigenvalue weighted by Crippen LogP contribution is 2.29.